The van der Waals surface area contributed by atoms with Crippen LogP contribution in [0.25, 0.3) is 0 Å². The van der Waals surface area contributed by atoms with E-state index in [1.807, 2.05) is 0 Å². The van der Waals surface area contributed by atoms with Crippen LogP contribution in [-0.4, -0.2) is 11.8 Å². The maximum Gasteiger partial charge on any atom is 0.240 e. The molecule has 0 unspecified atom stereocenters. The highest BCUT2D eigenvalue weighted by Gasteiger charge is 2.56. The molecule has 2 aromatic rings. The summed E-state index contributed by atoms with van der Waals surface area (Å²) < 4.78 is 27.3. The van der Waals surface area contributed by atoms with Gasteiger partial charge >= 0.3 is 0 Å². The van der Waals surface area contributed by atoms with Crippen molar-refractivity contribution < 1.29 is 18.4 Å². The van der Waals surface area contributed by atoms with Crippen LogP contribution in [0.2, 0.25) is 0 Å². The van der Waals surface area contributed by atoms with Crippen LogP contribution in [0.4, 0.5) is 20.2 Å². The number of anilines is 2. The smallest absolute Gasteiger partial charge is 0.240 e. The lowest BCUT2D eigenvalue weighted by Gasteiger charge is -2.16. The number of para-hydroxylation sites is 1. The molecule has 0 bridgehead atoms. The Morgan fingerprint density at radius 2 is 1.58 bits per heavy atom. The number of halogens is 3. The zero-order valence-electron chi connectivity index (χ0n) is 12.4. The van der Waals surface area contributed by atoms with E-state index in [-0.39, 0.29) is 5.69 Å². The first-order chi connectivity index (χ1) is 11.4. The Hall–Kier alpha value is -2.28. The third kappa shape index (κ3) is 3.17. The number of amides is 2. The molecule has 2 amide bonds. The van der Waals surface area contributed by atoms with Gasteiger partial charge < -0.3 is 10.6 Å². The van der Waals surface area contributed by atoms with Crippen LogP contribution in [-0.2, 0) is 9.59 Å². The molecule has 7 heteroatoms. The Bertz CT molecular complexity index is 822. The van der Waals surface area contributed by atoms with Crippen LogP contribution in [0.5, 0.6) is 0 Å². The molecule has 0 atom stereocenters. The fourth-order valence-electron chi connectivity index (χ4n) is 2.32. The van der Waals surface area contributed by atoms with Crippen molar-refractivity contribution in [2.24, 2.45) is 5.41 Å². The highest BCUT2D eigenvalue weighted by molar-refractivity contribution is 9.10. The molecule has 0 heterocycles. The number of hydrogen-bond donors (Lipinski definition) is 2. The van der Waals surface area contributed by atoms with Crippen molar-refractivity contribution in [2.75, 3.05) is 10.6 Å². The van der Waals surface area contributed by atoms with E-state index < -0.39 is 28.9 Å². The number of hydrogen-bond acceptors (Lipinski definition) is 2. The summed E-state index contributed by atoms with van der Waals surface area (Å²) in [6.07, 6.45) is 0.746. The van der Waals surface area contributed by atoms with Gasteiger partial charge in [-0.3, -0.25) is 9.59 Å². The Morgan fingerprint density at radius 3 is 2.17 bits per heavy atom. The first-order valence-corrected chi connectivity index (χ1v) is 8.04. The second-order valence-electron chi connectivity index (χ2n) is 5.59. The van der Waals surface area contributed by atoms with Gasteiger partial charge in [-0.25, -0.2) is 8.78 Å². The lowest BCUT2D eigenvalue weighted by molar-refractivity contribution is -0.131. The van der Waals surface area contributed by atoms with E-state index >= 15 is 0 Å². The van der Waals surface area contributed by atoms with E-state index in [4.69, 9.17) is 0 Å². The van der Waals surface area contributed by atoms with E-state index in [0.29, 0.717) is 29.1 Å². The van der Waals surface area contributed by atoms with Crippen LogP contribution in [0.15, 0.2) is 46.9 Å². The zero-order chi connectivity index (χ0) is 17.3. The molecule has 4 nitrogen and oxygen atoms in total. The molecule has 0 aromatic heterocycles. The van der Waals surface area contributed by atoms with Gasteiger partial charge in [-0.15, -0.1) is 0 Å². The van der Waals surface area contributed by atoms with Crippen molar-refractivity contribution in [3.8, 4) is 0 Å². The van der Waals surface area contributed by atoms with Crippen molar-refractivity contribution >= 4 is 39.1 Å². The number of nitrogens with one attached hydrogen (secondary N) is 2. The Labute approximate surface area is 145 Å². The Kier molecular flexibility index (Phi) is 4.36. The number of benzene rings is 2. The Balaban J connectivity index is 1.74. The molecule has 1 fully saturated rings. The lowest BCUT2D eigenvalue weighted by Crippen LogP contribution is -2.36. The fraction of sp³-hybridized carbons (Fsp3) is 0.176. The molecule has 1 aliphatic rings. The van der Waals surface area contributed by atoms with Crippen LogP contribution >= 0.6 is 15.9 Å². The van der Waals surface area contributed by atoms with E-state index in [1.165, 1.54) is 0 Å². The van der Waals surface area contributed by atoms with Crippen LogP contribution in [0.1, 0.15) is 12.8 Å². The minimum Gasteiger partial charge on any atom is -0.324 e. The summed E-state index contributed by atoms with van der Waals surface area (Å²) in [7, 11) is 0. The molecule has 0 aliphatic heterocycles. The minimum atomic E-state index is -1.23. The first-order valence-electron chi connectivity index (χ1n) is 7.25. The molecule has 24 heavy (non-hydrogen) atoms. The number of rotatable bonds is 4. The molecule has 1 saturated carbocycles. The predicted octanol–water partition coefficient (Wildman–Crippen LogP) is 4.08. The highest BCUT2D eigenvalue weighted by Crippen LogP contribution is 2.47. The zero-order valence-corrected chi connectivity index (χ0v) is 14.0. The van der Waals surface area contributed by atoms with Gasteiger partial charge in [0.05, 0.1) is 11.4 Å². The topological polar surface area (TPSA) is 58.2 Å². The summed E-state index contributed by atoms with van der Waals surface area (Å²) >= 11 is 3.32. The van der Waals surface area contributed by atoms with E-state index in [1.54, 1.807) is 24.3 Å². The third-order valence-corrected chi connectivity index (χ3v) is 4.61. The van der Waals surface area contributed by atoms with Gasteiger partial charge in [0.25, 0.3) is 0 Å². The van der Waals surface area contributed by atoms with Gasteiger partial charge in [-0.1, -0.05) is 12.1 Å². The first kappa shape index (κ1) is 16.6. The van der Waals surface area contributed by atoms with Crippen molar-refractivity contribution in [1.29, 1.82) is 0 Å². The van der Waals surface area contributed by atoms with Gasteiger partial charge in [0.2, 0.25) is 11.8 Å². The lowest BCUT2D eigenvalue weighted by atomic mass is 10.0. The van der Waals surface area contributed by atoms with Gasteiger partial charge in [-0.05, 0) is 53.0 Å². The molecule has 1 aliphatic carbocycles. The van der Waals surface area contributed by atoms with Crippen LogP contribution < -0.4 is 10.6 Å². The summed E-state index contributed by atoms with van der Waals surface area (Å²) in [6.45, 7) is 0. The molecule has 124 valence electrons. The molecule has 2 aromatic carbocycles. The number of carbonyl (C=O) groups is 2. The molecule has 0 radical (unpaired) electrons. The Morgan fingerprint density at radius 1 is 0.958 bits per heavy atom. The third-order valence-electron chi connectivity index (χ3n) is 3.92. The van der Waals surface area contributed by atoms with Crippen molar-refractivity contribution in [2.45, 2.75) is 12.8 Å². The van der Waals surface area contributed by atoms with Crippen LogP contribution in [0.3, 0.4) is 0 Å². The summed E-state index contributed by atoms with van der Waals surface area (Å²) in [5, 5.41) is 5.07. The highest BCUT2D eigenvalue weighted by atomic mass is 79.9. The fourth-order valence-corrected chi connectivity index (χ4v) is 2.70. The molecule has 3 rings (SSSR count). The normalized spacial score (nSPS) is 14.8. The maximum absolute atomic E-state index is 13.7. The molecule has 0 saturated heterocycles. The van der Waals surface area contributed by atoms with E-state index in [0.717, 1.165) is 12.1 Å². The molecule has 0 spiro atoms. The average molecular weight is 395 g/mol. The van der Waals surface area contributed by atoms with Crippen LogP contribution in [0, 0.1) is 17.0 Å². The van der Waals surface area contributed by atoms with Gasteiger partial charge in [-0.2, -0.15) is 0 Å². The van der Waals surface area contributed by atoms with Crippen molar-refractivity contribution in [3.63, 3.8) is 0 Å². The summed E-state index contributed by atoms with van der Waals surface area (Å²) in [6, 6.07) is 9.88. The maximum atomic E-state index is 13.7. The van der Waals surface area contributed by atoms with Gasteiger partial charge in [0, 0.05) is 10.5 Å². The summed E-state index contributed by atoms with van der Waals surface area (Å²) in [5.41, 5.74) is -0.827. The molecular formula is C17H13BrF2N2O2. The standard InChI is InChI=1S/C17H13BrF2N2O2/c18-11-3-1-2-4-13(11)21-15(23)17(7-8-17)16(24)22-14-6-5-10(19)9-12(14)20/h1-6,9H,7-8H2,(H,21,23)(H,22,24). The predicted molar refractivity (Wildman–Crippen MR) is 89.4 cm³/mol. The summed E-state index contributed by atoms with van der Waals surface area (Å²) in [5.74, 6) is -2.67. The second kappa shape index (κ2) is 6.32. The van der Waals surface area contributed by atoms with E-state index in [2.05, 4.69) is 26.6 Å². The average Bonchev–Trinajstić information content (AvgIpc) is 3.34. The second-order valence-corrected chi connectivity index (χ2v) is 6.45. The minimum absolute atomic E-state index is 0.152. The van der Waals surface area contributed by atoms with E-state index in [9.17, 15) is 18.4 Å². The van der Waals surface area contributed by atoms with Gasteiger partial charge in [0.1, 0.15) is 17.0 Å². The SMILES string of the molecule is O=C(Nc1ccc(F)cc1F)C1(C(=O)Nc2ccccc2Br)CC1. The quantitative estimate of drug-likeness (QED) is 0.767. The summed E-state index contributed by atoms with van der Waals surface area (Å²) in [4.78, 5) is 24.9. The monoisotopic (exact) mass is 394 g/mol. The molecule has 2 N–H and O–H groups in total. The number of carbonyl (C=O) groups excluding carboxylic acids is 2. The van der Waals surface area contributed by atoms with Crippen molar-refractivity contribution in [3.05, 3.63) is 58.6 Å². The molecular weight excluding hydrogens is 382 g/mol. The largest absolute Gasteiger partial charge is 0.324 e. The van der Waals surface area contributed by atoms with Crippen molar-refractivity contribution in [1.82, 2.24) is 0 Å². The van der Waals surface area contributed by atoms with Gasteiger partial charge in [0.15, 0.2) is 0 Å².